The van der Waals surface area contributed by atoms with Crippen LogP contribution in [0.3, 0.4) is 0 Å². The van der Waals surface area contributed by atoms with Gasteiger partial charge in [0.1, 0.15) is 19.0 Å². The van der Waals surface area contributed by atoms with Crippen molar-refractivity contribution in [2.75, 3.05) is 31.1 Å². The summed E-state index contributed by atoms with van der Waals surface area (Å²) in [6.07, 6.45) is 3.19. The van der Waals surface area contributed by atoms with Gasteiger partial charge >= 0.3 is 12.1 Å². The number of cyclic esters (lactones) is 2. The van der Waals surface area contributed by atoms with Gasteiger partial charge in [-0.15, -0.1) is 0 Å². The van der Waals surface area contributed by atoms with Gasteiger partial charge in [-0.3, -0.25) is 15.1 Å². The van der Waals surface area contributed by atoms with Gasteiger partial charge in [-0.05, 0) is 36.2 Å². The minimum absolute atomic E-state index is 0.0309. The number of amides is 1. The first-order valence-electron chi connectivity index (χ1n) is 11.9. The van der Waals surface area contributed by atoms with E-state index in [0.29, 0.717) is 50.0 Å². The van der Waals surface area contributed by atoms with Crippen LogP contribution in [0.2, 0.25) is 0 Å². The topological polar surface area (TPSA) is 128 Å². The molecule has 0 unspecified atom stereocenters. The van der Waals surface area contributed by atoms with Crippen molar-refractivity contribution in [2.24, 2.45) is 5.73 Å². The van der Waals surface area contributed by atoms with E-state index in [9.17, 15) is 9.59 Å². The Morgan fingerprint density at radius 3 is 2.83 bits per heavy atom. The first-order valence-corrected chi connectivity index (χ1v) is 11.9. The Kier molecular flexibility index (Phi) is 5.67. The highest BCUT2D eigenvalue weighted by molar-refractivity contribution is 5.94. The molecule has 6 rings (SSSR count). The van der Waals surface area contributed by atoms with Crippen LogP contribution in [0.4, 0.5) is 10.6 Å². The Labute approximate surface area is 207 Å². The average molecular weight is 490 g/mol. The second kappa shape index (κ2) is 9.01. The molecular formula is C25H27N7O4. The summed E-state index contributed by atoms with van der Waals surface area (Å²) in [7, 11) is 0. The van der Waals surface area contributed by atoms with Gasteiger partial charge < -0.3 is 15.2 Å². The second-order valence-electron chi connectivity index (χ2n) is 9.32. The number of benzene rings is 1. The van der Waals surface area contributed by atoms with Gasteiger partial charge in [0.2, 0.25) is 0 Å². The molecule has 0 bridgehead atoms. The summed E-state index contributed by atoms with van der Waals surface area (Å²) in [5, 5.41) is 7.99. The number of ether oxygens (including phenoxy) is 2. The molecule has 0 spiro atoms. The van der Waals surface area contributed by atoms with E-state index in [4.69, 9.17) is 15.2 Å². The minimum Gasteiger partial charge on any atom is -0.457 e. The number of aromatic nitrogens is 3. The molecule has 1 aromatic carbocycles. The quantitative estimate of drug-likeness (QED) is 0.514. The first kappa shape index (κ1) is 22.7. The number of hydrogen-bond acceptors (Lipinski definition) is 9. The van der Waals surface area contributed by atoms with E-state index in [2.05, 4.69) is 20.3 Å². The molecule has 3 aliphatic rings. The van der Waals surface area contributed by atoms with E-state index in [1.165, 1.54) is 4.90 Å². The normalized spacial score (nSPS) is 22.0. The van der Waals surface area contributed by atoms with Crippen molar-refractivity contribution in [3.63, 3.8) is 0 Å². The molecule has 2 fully saturated rings. The molecule has 2 saturated heterocycles. The summed E-state index contributed by atoms with van der Waals surface area (Å²) < 4.78 is 11.9. The molecule has 3 aromatic rings. The number of anilines is 1. The number of nitrogens with two attached hydrogens (primary N) is 1. The lowest BCUT2D eigenvalue weighted by molar-refractivity contribution is 0.0535. The third kappa shape index (κ3) is 4.11. The summed E-state index contributed by atoms with van der Waals surface area (Å²) in [5.41, 5.74) is 11.2. The van der Waals surface area contributed by atoms with Crippen molar-refractivity contribution in [1.29, 1.82) is 0 Å². The van der Waals surface area contributed by atoms with Crippen LogP contribution in [0.25, 0.3) is 5.82 Å². The number of esters is 1. The van der Waals surface area contributed by atoms with Gasteiger partial charge in [-0.25, -0.2) is 19.3 Å². The number of carbonyl (C=O) groups excluding carboxylic acids is 2. The third-order valence-electron chi connectivity index (χ3n) is 6.93. The molecule has 11 heteroatoms. The van der Waals surface area contributed by atoms with Gasteiger partial charge in [0.05, 0.1) is 24.5 Å². The fourth-order valence-electron chi connectivity index (χ4n) is 5.15. The number of piperazine rings is 1. The van der Waals surface area contributed by atoms with Gasteiger partial charge in [-0.1, -0.05) is 12.1 Å². The molecule has 0 aliphatic carbocycles. The SMILES string of the molecule is Cc1c([C@@H]2CN(Cc3cnn(-c4cccc(N5CCOC5=O)n4)c3)C[C@H](N)N2)ccc2c1COC2=O. The smallest absolute Gasteiger partial charge is 0.415 e. The van der Waals surface area contributed by atoms with E-state index in [0.717, 1.165) is 28.8 Å². The third-order valence-corrected chi connectivity index (χ3v) is 6.93. The number of pyridine rings is 1. The largest absolute Gasteiger partial charge is 0.457 e. The summed E-state index contributed by atoms with van der Waals surface area (Å²) >= 11 is 0. The maximum atomic E-state index is 11.9. The zero-order valence-corrected chi connectivity index (χ0v) is 19.9. The molecule has 186 valence electrons. The maximum Gasteiger partial charge on any atom is 0.415 e. The molecule has 5 heterocycles. The van der Waals surface area contributed by atoms with Crippen molar-refractivity contribution >= 4 is 17.9 Å². The zero-order chi connectivity index (χ0) is 24.8. The fourth-order valence-corrected chi connectivity index (χ4v) is 5.15. The monoisotopic (exact) mass is 489 g/mol. The lowest BCUT2D eigenvalue weighted by atomic mass is 9.93. The van der Waals surface area contributed by atoms with Crippen LogP contribution in [-0.2, 0) is 22.6 Å². The van der Waals surface area contributed by atoms with Crippen LogP contribution in [0.5, 0.6) is 0 Å². The molecule has 0 radical (unpaired) electrons. The Bertz CT molecular complexity index is 1340. The van der Waals surface area contributed by atoms with Crippen LogP contribution < -0.4 is 16.0 Å². The van der Waals surface area contributed by atoms with Gasteiger partial charge in [-0.2, -0.15) is 5.10 Å². The van der Waals surface area contributed by atoms with Gasteiger partial charge in [0, 0.05) is 43.0 Å². The highest BCUT2D eigenvalue weighted by Crippen LogP contribution is 2.31. The maximum absolute atomic E-state index is 11.9. The van der Waals surface area contributed by atoms with Gasteiger partial charge in [0.25, 0.3) is 0 Å². The summed E-state index contributed by atoms with van der Waals surface area (Å²) in [6.45, 7) is 5.34. The molecule has 0 saturated carbocycles. The van der Waals surface area contributed by atoms with Crippen LogP contribution in [0, 0.1) is 6.92 Å². The van der Waals surface area contributed by atoms with Crippen LogP contribution in [-0.4, -0.2) is 64.1 Å². The molecule has 1 amide bonds. The average Bonchev–Trinajstić information content (AvgIpc) is 3.60. The Hall–Kier alpha value is -3.80. The zero-order valence-electron chi connectivity index (χ0n) is 19.9. The van der Waals surface area contributed by atoms with Crippen molar-refractivity contribution in [2.45, 2.75) is 32.3 Å². The van der Waals surface area contributed by atoms with Crippen molar-refractivity contribution in [3.8, 4) is 5.82 Å². The van der Waals surface area contributed by atoms with Crippen LogP contribution in [0.15, 0.2) is 42.7 Å². The van der Waals surface area contributed by atoms with Gasteiger partial charge in [0.15, 0.2) is 5.82 Å². The number of rotatable bonds is 5. The molecule has 3 aliphatic heterocycles. The standard InChI is InChI=1S/C25H27N7O4/c1-15-17(5-6-18-19(15)14-36-24(18)33)20-12-30(13-21(26)28-20)10-16-9-27-32(11-16)23-4-2-3-22(29-23)31-7-8-35-25(31)34/h2-6,9,11,20-21,28H,7-8,10,12-14,26H2,1H3/t20-,21+/m0/s1. The lowest BCUT2D eigenvalue weighted by Crippen LogP contribution is -2.56. The Balaban J connectivity index is 1.18. The van der Waals surface area contributed by atoms with Crippen molar-refractivity contribution in [1.82, 2.24) is 25.0 Å². The lowest BCUT2D eigenvalue weighted by Gasteiger charge is -2.38. The van der Waals surface area contributed by atoms with Crippen LogP contribution >= 0.6 is 0 Å². The number of carbonyl (C=O) groups is 2. The molecule has 2 aromatic heterocycles. The molecular weight excluding hydrogens is 462 g/mol. The van der Waals surface area contributed by atoms with E-state index in [1.54, 1.807) is 10.7 Å². The number of nitrogens with zero attached hydrogens (tertiary/aromatic N) is 5. The Morgan fingerprint density at radius 1 is 1.14 bits per heavy atom. The van der Waals surface area contributed by atoms with E-state index >= 15 is 0 Å². The molecule has 2 atom stereocenters. The molecule has 11 nitrogen and oxygen atoms in total. The van der Waals surface area contributed by atoms with Crippen molar-refractivity contribution in [3.05, 3.63) is 70.5 Å². The van der Waals surface area contributed by atoms with Crippen molar-refractivity contribution < 1.29 is 19.1 Å². The predicted octanol–water partition coefficient (Wildman–Crippen LogP) is 1.63. The Morgan fingerprint density at radius 2 is 2.00 bits per heavy atom. The highest BCUT2D eigenvalue weighted by Gasteiger charge is 2.30. The van der Waals surface area contributed by atoms with Crippen LogP contribution in [0.1, 0.15) is 38.7 Å². The highest BCUT2D eigenvalue weighted by atomic mass is 16.6. The van der Waals surface area contributed by atoms with E-state index in [-0.39, 0.29) is 24.3 Å². The first-order chi connectivity index (χ1) is 17.5. The minimum atomic E-state index is -0.386. The fraction of sp³-hybridized carbons (Fsp3) is 0.360. The summed E-state index contributed by atoms with van der Waals surface area (Å²) in [4.78, 5) is 32.2. The summed E-state index contributed by atoms with van der Waals surface area (Å²) in [5.74, 6) is 0.908. The summed E-state index contributed by atoms with van der Waals surface area (Å²) in [6, 6.07) is 9.37. The van der Waals surface area contributed by atoms with E-state index < -0.39 is 0 Å². The second-order valence-corrected chi connectivity index (χ2v) is 9.32. The predicted molar refractivity (Wildman–Crippen MR) is 129 cm³/mol. The number of fused-ring (bicyclic) bond motifs is 1. The number of nitrogens with one attached hydrogen (secondary N) is 1. The molecule has 36 heavy (non-hydrogen) atoms. The van der Waals surface area contributed by atoms with E-state index in [1.807, 2.05) is 43.6 Å². The molecule has 3 N–H and O–H groups in total. The number of hydrogen-bond donors (Lipinski definition) is 2.